The topological polar surface area (TPSA) is 298 Å². The fourth-order valence-electron chi connectivity index (χ4n) is 13.2. The first kappa shape index (κ1) is 59.5. The summed E-state index contributed by atoms with van der Waals surface area (Å²) in [6, 6.07) is 22.6. The summed E-state index contributed by atoms with van der Waals surface area (Å²) in [6.07, 6.45) is -9.24. The van der Waals surface area contributed by atoms with Gasteiger partial charge >= 0.3 is 35.9 Å². The minimum atomic E-state index is -2.51. The second-order valence-corrected chi connectivity index (χ2v) is 24.1. The van der Waals surface area contributed by atoms with Crippen LogP contribution in [0.1, 0.15) is 119 Å². The summed E-state index contributed by atoms with van der Waals surface area (Å²) < 4.78 is 37.5. The number of thioether (sulfide) groups is 1. The van der Waals surface area contributed by atoms with Gasteiger partial charge in [0.25, 0.3) is 5.91 Å². The first-order valence-corrected chi connectivity index (χ1v) is 28.7. The monoisotopic (exact) mass is 1150 g/mol. The zero-order valence-electron chi connectivity index (χ0n) is 46.5. The van der Waals surface area contributed by atoms with E-state index in [9.17, 15) is 48.6 Å². The largest absolute Gasteiger partial charge is 0.461 e. The van der Waals surface area contributed by atoms with Crippen molar-refractivity contribution in [3.05, 3.63) is 119 Å². The Kier molecular flexibility index (Phi) is 17.4. The number of nitrogens with one attached hydrogen (secondary N) is 4. The average Bonchev–Trinajstić information content (AvgIpc) is 0.805. The summed E-state index contributed by atoms with van der Waals surface area (Å²) in [5.74, 6) is -7.65. The summed E-state index contributed by atoms with van der Waals surface area (Å²) in [6.45, 7) is 7.64. The number of Topliss-reactive ketones (excluding diaryl/α,β-unsaturated/α-hetero) is 1. The number of esters is 5. The number of amides is 4. The summed E-state index contributed by atoms with van der Waals surface area (Å²) in [7, 11) is 0. The molecule has 22 heteroatoms. The Morgan fingerprint density at radius 3 is 2.11 bits per heavy atom. The highest BCUT2D eigenvalue weighted by atomic mass is 32.2. The Labute approximate surface area is 478 Å². The molecule has 6 N–H and O–H groups in total. The molecule has 6 aliphatic rings. The molecule has 0 radical (unpaired) electrons. The van der Waals surface area contributed by atoms with Crippen molar-refractivity contribution < 1.29 is 81.8 Å². The van der Waals surface area contributed by atoms with Gasteiger partial charge in [0.2, 0.25) is 5.91 Å². The molecule has 2 saturated carbocycles. The fraction of sp³-hybridized carbons (Fsp3) is 0.517. The van der Waals surface area contributed by atoms with Gasteiger partial charge in [-0.1, -0.05) is 87.0 Å². The van der Waals surface area contributed by atoms with Crippen molar-refractivity contribution in [3.8, 4) is 0 Å². The lowest BCUT2D eigenvalue weighted by molar-refractivity contribution is -0.346. The Morgan fingerprint density at radius 2 is 1.48 bits per heavy atom. The van der Waals surface area contributed by atoms with E-state index < -0.39 is 125 Å². The second-order valence-electron chi connectivity index (χ2n) is 22.8. The van der Waals surface area contributed by atoms with Gasteiger partial charge in [-0.05, 0) is 67.7 Å². The molecule has 21 nitrogen and oxygen atoms in total. The molecular formula is C60H70N4O17S. The molecule has 3 aliphatic carbocycles. The molecule has 2 bridgehead atoms. The van der Waals surface area contributed by atoms with Crippen molar-refractivity contribution in [1.82, 2.24) is 21.3 Å². The highest BCUT2D eigenvalue weighted by Gasteiger charge is 2.79. The average molecular weight is 1150 g/mol. The number of aliphatic hydroxyl groups excluding tert-OH is 1. The number of fused-ring (bicyclic) bond motifs is 6. The van der Waals surface area contributed by atoms with Gasteiger partial charge < -0.3 is 59.9 Å². The van der Waals surface area contributed by atoms with Crippen LogP contribution in [0.3, 0.4) is 0 Å². The third-order valence-electron chi connectivity index (χ3n) is 17.5. The smallest absolute Gasteiger partial charge is 0.338 e. The molecule has 14 atom stereocenters. The van der Waals surface area contributed by atoms with Gasteiger partial charge in [0.05, 0.1) is 48.0 Å². The lowest BCUT2D eigenvalue weighted by Gasteiger charge is -2.67. The SMILES string of the molecule is CC(=O)O[C@H]1C(=O)[C@@]2(C)C(C(OC(=O)c3ccccc3)[C@]3(O)C[C@H](OC(=O)[C@H](O)[C@@H](NC(=O)c4ccccc4)c4ccccc4)C(C)=C1C3(C)C)[C@]1(OC(C)=O)CO[C@@H]1C[C@@H]2OC(=O)CCNC(=O)CCCC[C@@H]1SCC2NC(=O)NC21. The van der Waals surface area contributed by atoms with E-state index in [1.807, 2.05) is 0 Å². The van der Waals surface area contributed by atoms with Gasteiger partial charge in [-0.25, -0.2) is 14.4 Å². The van der Waals surface area contributed by atoms with E-state index in [0.29, 0.717) is 12.0 Å². The Balaban J connectivity index is 1.06. The molecular weight excluding hydrogens is 1080 g/mol. The van der Waals surface area contributed by atoms with E-state index >= 15 is 4.79 Å². The maximum absolute atomic E-state index is 16.3. The van der Waals surface area contributed by atoms with Gasteiger partial charge in [-0.15, -0.1) is 0 Å². The molecule has 3 aromatic rings. The fourth-order valence-corrected chi connectivity index (χ4v) is 14.8. The second kappa shape index (κ2) is 24.0. The molecule has 3 heterocycles. The lowest BCUT2D eigenvalue weighted by Crippen LogP contribution is -2.82. The number of hydrogen-bond donors (Lipinski definition) is 6. The highest BCUT2D eigenvalue weighted by molar-refractivity contribution is 8.00. The van der Waals surface area contributed by atoms with Gasteiger partial charge in [-0.3, -0.25) is 28.8 Å². The number of unbranched alkanes of at least 4 members (excludes halogenated alkanes) is 1. The Bertz CT molecular complexity index is 3000. The third-order valence-corrected chi connectivity index (χ3v) is 19.0. The minimum Gasteiger partial charge on any atom is -0.461 e. The minimum absolute atomic E-state index is 0.0153. The van der Waals surface area contributed by atoms with Gasteiger partial charge in [-0.2, -0.15) is 11.8 Å². The normalized spacial score (nSPS) is 31.0. The lowest BCUT2D eigenvalue weighted by atomic mass is 9.44. The van der Waals surface area contributed by atoms with Crippen molar-refractivity contribution in [2.24, 2.45) is 16.7 Å². The van der Waals surface area contributed by atoms with E-state index in [0.717, 1.165) is 32.4 Å². The van der Waals surface area contributed by atoms with Crippen LogP contribution in [0.25, 0.3) is 0 Å². The van der Waals surface area contributed by atoms with Crippen molar-refractivity contribution in [2.75, 3.05) is 18.9 Å². The number of benzene rings is 3. The molecule has 5 fully saturated rings. The molecule has 3 aliphatic heterocycles. The number of carbonyl (C=O) groups excluding carboxylic acids is 9. The van der Waals surface area contributed by atoms with Crippen molar-refractivity contribution in [2.45, 2.75) is 158 Å². The van der Waals surface area contributed by atoms with Crippen LogP contribution in [0.15, 0.2) is 102 Å². The van der Waals surface area contributed by atoms with E-state index in [1.165, 1.54) is 26.0 Å². The molecule has 4 unspecified atom stereocenters. The maximum Gasteiger partial charge on any atom is 0.338 e. The van der Waals surface area contributed by atoms with Crippen molar-refractivity contribution in [1.29, 1.82) is 0 Å². The highest BCUT2D eigenvalue weighted by Crippen LogP contribution is 2.65. The quantitative estimate of drug-likeness (QED) is 0.0316. The first-order valence-electron chi connectivity index (χ1n) is 27.7. The van der Waals surface area contributed by atoms with Crippen LogP contribution in [0.4, 0.5) is 4.79 Å². The van der Waals surface area contributed by atoms with Crippen molar-refractivity contribution >= 4 is 65.2 Å². The number of urea groups is 1. The molecule has 82 heavy (non-hydrogen) atoms. The third kappa shape index (κ3) is 11.4. The molecule has 438 valence electrons. The van der Waals surface area contributed by atoms with Crippen LogP contribution < -0.4 is 21.3 Å². The molecule has 0 aromatic heterocycles. The number of rotatable bonds is 19. The summed E-state index contributed by atoms with van der Waals surface area (Å²) in [5.41, 5.74) is -7.77. The first-order chi connectivity index (χ1) is 39.0. The summed E-state index contributed by atoms with van der Waals surface area (Å²) in [5, 5.41) is 37.7. The predicted molar refractivity (Wildman–Crippen MR) is 293 cm³/mol. The Hall–Kier alpha value is -7.14. The molecule has 4 amide bonds. The zero-order valence-corrected chi connectivity index (χ0v) is 47.3. The predicted octanol–water partition coefficient (Wildman–Crippen LogP) is 4.52. The van der Waals surface area contributed by atoms with E-state index in [1.54, 1.807) is 104 Å². The number of aliphatic hydroxyl groups is 2. The maximum atomic E-state index is 16.3. The number of ether oxygens (including phenoxy) is 6. The summed E-state index contributed by atoms with van der Waals surface area (Å²) >= 11 is 1.78. The van der Waals surface area contributed by atoms with E-state index in [-0.39, 0.29) is 77.4 Å². The molecule has 9 rings (SSSR count). The van der Waals surface area contributed by atoms with Gasteiger partial charge in [0.1, 0.15) is 30.0 Å². The molecule has 3 aromatic carbocycles. The van der Waals surface area contributed by atoms with Crippen LogP contribution in [-0.4, -0.2) is 148 Å². The van der Waals surface area contributed by atoms with Crippen LogP contribution in [0.2, 0.25) is 0 Å². The van der Waals surface area contributed by atoms with Crippen LogP contribution in [0, 0.1) is 16.7 Å². The van der Waals surface area contributed by atoms with E-state index in [2.05, 4.69) is 21.3 Å². The Morgan fingerprint density at radius 1 is 0.817 bits per heavy atom. The number of carbonyl (C=O) groups is 9. The van der Waals surface area contributed by atoms with E-state index in [4.69, 9.17) is 28.4 Å². The van der Waals surface area contributed by atoms with Crippen molar-refractivity contribution in [3.63, 3.8) is 0 Å². The van der Waals surface area contributed by atoms with Gasteiger partial charge in [0, 0.05) is 61.6 Å². The number of ketones is 1. The number of hydrogen-bond acceptors (Lipinski definition) is 18. The zero-order chi connectivity index (χ0) is 58.9. The standard InChI is InChI=1S/C60H70N4O17S/c1-32-39(78-55(73)48(69)46(35-18-10-7-11-19-35)63-53(71)36-20-12-8-13-21-36)29-60(75)52(80-54(72)37-22-14-9-15-23-37)50-58(6,51(70)49(77-33(2)65)45(32)57(60,4)5)41(28-42-59(50,31-76-42)81-34(3)66)79-44(68)26-27-61-43(67)25-17-16-24-40-47-38(30-82-40)62-56(74)64-47/h7-15,18-23,38-42,46-50,52,69,75H,16-17,24-31H2,1-6H3,(H,61,67)(H,63,71)(H2,62,64,74)/t38?,39-,40-,41-,42+,46-,47?,48+,49+,50?,52?,58+,59-,60+/m0/s1. The van der Waals surface area contributed by atoms with Crippen LogP contribution in [0.5, 0.6) is 0 Å². The van der Waals surface area contributed by atoms with Crippen LogP contribution >= 0.6 is 11.8 Å². The van der Waals surface area contributed by atoms with Gasteiger partial charge in [0.15, 0.2) is 23.6 Å². The summed E-state index contributed by atoms with van der Waals surface area (Å²) in [4.78, 5) is 125. The molecule has 0 spiro atoms. The van der Waals surface area contributed by atoms with Crippen LogP contribution in [-0.2, 0) is 57.2 Å². The molecule has 3 saturated heterocycles.